The van der Waals surface area contributed by atoms with Crippen LogP contribution in [0.5, 0.6) is 5.75 Å². The first-order chi connectivity index (χ1) is 18.8. The van der Waals surface area contributed by atoms with Crippen LogP contribution < -0.4 is 10.1 Å². The highest BCUT2D eigenvalue weighted by Gasteiger charge is 2.44. The van der Waals surface area contributed by atoms with Crippen molar-refractivity contribution in [2.24, 2.45) is 0 Å². The van der Waals surface area contributed by atoms with Crippen LogP contribution in [0.1, 0.15) is 47.0 Å². The molecule has 0 bridgehead atoms. The summed E-state index contributed by atoms with van der Waals surface area (Å²) in [6.45, 7) is 4.89. The molecule has 0 unspecified atom stereocenters. The fourth-order valence-electron chi connectivity index (χ4n) is 4.57. The second-order valence-electron chi connectivity index (χ2n) is 9.34. The lowest BCUT2D eigenvalue weighted by molar-refractivity contribution is -0.218. The maximum Gasteiger partial charge on any atom is 0.252 e. The van der Waals surface area contributed by atoms with Crippen molar-refractivity contribution in [1.82, 2.24) is 5.32 Å². The second kappa shape index (κ2) is 13.7. The fourth-order valence-corrected chi connectivity index (χ4v) is 5.86. The van der Waals surface area contributed by atoms with Crippen LogP contribution in [0, 0.1) is 0 Å². The van der Waals surface area contributed by atoms with Crippen molar-refractivity contribution in [3.05, 3.63) is 94.0 Å². The summed E-state index contributed by atoms with van der Waals surface area (Å²) in [6.07, 6.45) is -5.13. The number of benzene rings is 3. The van der Waals surface area contributed by atoms with Gasteiger partial charge in [0.05, 0.1) is 18.3 Å². The van der Waals surface area contributed by atoms with E-state index in [0.29, 0.717) is 35.7 Å². The van der Waals surface area contributed by atoms with E-state index >= 15 is 0 Å². The largest absolute Gasteiger partial charge is 0.494 e. The molecule has 0 saturated carbocycles. The minimum Gasteiger partial charge on any atom is -0.494 e. The van der Waals surface area contributed by atoms with Crippen LogP contribution in [0.25, 0.3) is 0 Å². The number of rotatable bonds is 10. The monoisotopic (exact) mass is 571 g/mol. The number of carbonyl (C=O) groups excluding carboxylic acids is 1. The van der Waals surface area contributed by atoms with E-state index in [4.69, 9.17) is 21.1 Å². The Morgan fingerprint density at radius 3 is 2.46 bits per heavy atom. The number of nitrogens with one attached hydrogen (secondary N) is 1. The third-order valence-electron chi connectivity index (χ3n) is 6.61. The summed E-state index contributed by atoms with van der Waals surface area (Å²) < 4.78 is 11.7. The van der Waals surface area contributed by atoms with Crippen molar-refractivity contribution in [3.8, 4) is 5.75 Å². The highest BCUT2D eigenvalue weighted by Crippen LogP contribution is 2.36. The van der Waals surface area contributed by atoms with E-state index in [1.54, 1.807) is 24.3 Å². The van der Waals surface area contributed by atoms with Crippen LogP contribution in [0.4, 0.5) is 0 Å². The van der Waals surface area contributed by atoms with Crippen LogP contribution in [-0.4, -0.2) is 64.5 Å². The molecule has 1 fully saturated rings. The second-order valence-corrected chi connectivity index (χ2v) is 10.8. The Bertz CT molecular complexity index is 1260. The zero-order chi connectivity index (χ0) is 27.9. The predicted molar refractivity (Wildman–Crippen MR) is 153 cm³/mol. The van der Waals surface area contributed by atoms with E-state index in [0.717, 1.165) is 21.8 Å². The molecule has 3 aromatic carbocycles. The average Bonchev–Trinajstić information content (AvgIpc) is 2.94. The topological polar surface area (TPSA) is 108 Å². The first-order valence-electron chi connectivity index (χ1n) is 13.0. The number of ether oxygens (including phenoxy) is 2. The molecule has 0 radical (unpaired) electrons. The standard InChI is InChI=1S/C30H34ClNO6S/c1-3-32-30(36)22-7-5-6-8-25(22)39-17-24-26(33)27(34)28(35)29(38-24)19-11-14-23(31)20(16-19)15-18-9-12-21(13-10-18)37-4-2/h5-14,16,24,26-29,33-35H,3-4,15,17H2,1-2H3,(H,32,36)/t24-,26-,27+,28-,29+/m1/s1. The van der Waals surface area contributed by atoms with Gasteiger partial charge in [-0.3, -0.25) is 4.79 Å². The van der Waals surface area contributed by atoms with Gasteiger partial charge >= 0.3 is 0 Å². The number of thioether (sulfide) groups is 1. The van der Waals surface area contributed by atoms with Crippen molar-refractivity contribution < 1.29 is 29.6 Å². The smallest absolute Gasteiger partial charge is 0.252 e. The molecule has 1 aliphatic rings. The normalized spacial score (nSPS) is 22.9. The number of hydrogen-bond donors (Lipinski definition) is 4. The van der Waals surface area contributed by atoms with Crippen LogP contribution in [-0.2, 0) is 11.2 Å². The van der Waals surface area contributed by atoms with Gasteiger partial charge in [0.25, 0.3) is 5.91 Å². The fraction of sp³-hybridized carbons (Fsp3) is 0.367. The molecule has 7 nitrogen and oxygen atoms in total. The number of aliphatic hydroxyl groups is 3. The number of halogens is 1. The molecule has 3 aromatic rings. The van der Waals surface area contributed by atoms with Crippen LogP contribution in [0.2, 0.25) is 5.02 Å². The summed E-state index contributed by atoms with van der Waals surface area (Å²) in [4.78, 5) is 13.2. The van der Waals surface area contributed by atoms with Gasteiger partial charge in [0.15, 0.2) is 0 Å². The van der Waals surface area contributed by atoms with E-state index < -0.39 is 30.5 Å². The summed E-state index contributed by atoms with van der Waals surface area (Å²) in [5, 5.41) is 35.6. The molecule has 1 amide bonds. The molecule has 4 rings (SSSR count). The SMILES string of the molecule is CCNC(=O)c1ccccc1SC[C@H]1O[C@@H](c2ccc(Cl)c(Cc3ccc(OCC)cc3)c2)[C@H](O)[C@@H](O)[C@@H]1O. The summed E-state index contributed by atoms with van der Waals surface area (Å²) in [7, 11) is 0. The number of aliphatic hydroxyl groups excluding tert-OH is 3. The maximum atomic E-state index is 12.5. The van der Waals surface area contributed by atoms with E-state index in [-0.39, 0.29) is 11.7 Å². The molecule has 0 aromatic heterocycles. The lowest BCUT2D eigenvalue weighted by atomic mass is 9.90. The molecule has 208 valence electrons. The Balaban J connectivity index is 1.51. The Hall–Kier alpha value is -2.59. The first kappa shape index (κ1) is 29.4. The highest BCUT2D eigenvalue weighted by molar-refractivity contribution is 7.99. The Kier molecular flexibility index (Phi) is 10.3. The highest BCUT2D eigenvalue weighted by atomic mass is 35.5. The minimum atomic E-state index is -1.40. The average molecular weight is 572 g/mol. The third kappa shape index (κ3) is 7.14. The Labute approximate surface area is 238 Å². The van der Waals surface area contributed by atoms with Gasteiger partial charge in [-0.25, -0.2) is 0 Å². The van der Waals surface area contributed by atoms with Crippen molar-refractivity contribution in [1.29, 1.82) is 0 Å². The third-order valence-corrected chi connectivity index (χ3v) is 8.14. The number of carbonyl (C=O) groups is 1. The summed E-state index contributed by atoms with van der Waals surface area (Å²) in [6, 6.07) is 20.4. The Morgan fingerprint density at radius 2 is 1.74 bits per heavy atom. The molecule has 39 heavy (non-hydrogen) atoms. The van der Waals surface area contributed by atoms with Crippen LogP contribution in [0.3, 0.4) is 0 Å². The van der Waals surface area contributed by atoms with Gasteiger partial charge in [-0.2, -0.15) is 0 Å². The summed E-state index contributed by atoms with van der Waals surface area (Å²) in [5.74, 6) is 0.884. The van der Waals surface area contributed by atoms with Crippen molar-refractivity contribution in [3.63, 3.8) is 0 Å². The van der Waals surface area contributed by atoms with Gasteiger partial charge in [0.1, 0.15) is 30.2 Å². The Morgan fingerprint density at radius 1 is 1.00 bits per heavy atom. The van der Waals surface area contributed by atoms with E-state index in [2.05, 4.69) is 5.32 Å². The van der Waals surface area contributed by atoms with Crippen molar-refractivity contribution in [2.45, 2.75) is 55.7 Å². The van der Waals surface area contributed by atoms with Gasteiger partial charge in [-0.15, -0.1) is 11.8 Å². The molecule has 0 aliphatic carbocycles. The van der Waals surface area contributed by atoms with E-state index in [1.165, 1.54) is 11.8 Å². The van der Waals surface area contributed by atoms with Crippen molar-refractivity contribution >= 4 is 29.3 Å². The molecule has 1 aliphatic heterocycles. The van der Waals surface area contributed by atoms with Gasteiger partial charge in [-0.05, 0) is 67.3 Å². The van der Waals surface area contributed by atoms with E-state index in [1.807, 2.05) is 56.3 Å². The molecule has 5 atom stereocenters. The molecule has 1 heterocycles. The van der Waals surface area contributed by atoms with Gasteiger partial charge in [-0.1, -0.05) is 48.0 Å². The molecule has 4 N–H and O–H groups in total. The lowest BCUT2D eigenvalue weighted by Crippen LogP contribution is -2.54. The quantitative estimate of drug-likeness (QED) is 0.267. The molecule has 0 spiro atoms. The van der Waals surface area contributed by atoms with Crippen LogP contribution in [0.15, 0.2) is 71.6 Å². The molecule has 1 saturated heterocycles. The minimum absolute atomic E-state index is 0.180. The predicted octanol–water partition coefficient (Wildman–Crippen LogP) is 4.39. The van der Waals surface area contributed by atoms with Gasteiger partial charge in [0, 0.05) is 22.2 Å². The van der Waals surface area contributed by atoms with Gasteiger partial charge < -0.3 is 30.1 Å². The zero-order valence-electron chi connectivity index (χ0n) is 21.9. The summed E-state index contributed by atoms with van der Waals surface area (Å²) >= 11 is 7.86. The van der Waals surface area contributed by atoms with Crippen molar-refractivity contribution in [2.75, 3.05) is 18.9 Å². The van der Waals surface area contributed by atoms with Gasteiger partial charge in [0.2, 0.25) is 0 Å². The van der Waals surface area contributed by atoms with E-state index in [9.17, 15) is 20.1 Å². The maximum absolute atomic E-state index is 12.5. The first-order valence-corrected chi connectivity index (χ1v) is 14.4. The summed E-state index contributed by atoms with van der Waals surface area (Å²) in [5.41, 5.74) is 3.06. The lowest BCUT2D eigenvalue weighted by Gasteiger charge is -2.41. The molecular formula is C30H34ClNO6S. The zero-order valence-corrected chi connectivity index (χ0v) is 23.5. The molecule has 9 heteroatoms. The number of hydrogen-bond acceptors (Lipinski definition) is 7. The molecular weight excluding hydrogens is 538 g/mol. The number of amides is 1. The van der Waals surface area contributed by atoms with Crippen LogP contribution >= 0.6 is 23.4 Å².